The molecule has 4 heteroatoms. The summed E-state index contributed by atoms with van der Waals surface area (Å²) in [5.74, 6) is 0.372. The zero-order chi connectivity index (χ0) is 14.8. The Kier molecular flexibility index (Phi) is 4.15. The number of piperidine rings is 1. The van der Waals surface area contributed by atoms with Gasteiger partial charge >= 0.3 is 0 Å². The van der Waals surface area contributed by atoms with E-state index in [0.717, 1.165) is 12.5 Å². The lowest BCUT2D eigenvalue weighted by Crippen LogP contribution is -2.48. The van der Waals surface area contributed by atoms with Crippen molar-refractivity contribution >= 4 is 5.78 Å². The number of likely N-dealkylation sites (tertiary alicyclic amines) is 1. The molecule has 2 aliphatic rings. The first-order valence-electron chi connectivity index (χ1n) is 7.94. The summed E-state index contributed by atoms with van der Waals surface area (Å²) >= 11 is 0. The number of carbonyl (C=O) groups is 1. The molecule has 1 aromatic rings. The van der Waals surface area contributed by atoms with Gasteiger partial charge in [0.25, 0.3) is 0 Å². The lowest BCUT2D eigenvalue weighted by atomic mass is 9.78. The molecule has 1 saturated carbocycles. The van der Waals surface area contributed by atoms with E-state index in [0.29, 0.717) is 18.2 Å². The van der Waals surface area contributed by atoms with Gasteiger partial charge in [0.1, 0.15) is 0 Å². The average Bonchev–Trinajstić information content (AvgIpc) is 2.50. The van der Waals surface area contributed by atoms with Crippen molar-refractivity contribution in [3.63, 3.8) is 0 Å². The molecule has 3 rings (SSSR count). The zero-order valence-corrected chi connectivity index (χ0v) is 12.3. The summed E-state index contributed by atoms with van der Waals surface area (Å²) in [4.78, 5) is 14.7. The molecule has 2 N–H and O–H groups in total. The minimum Gasteiger partial charge on any atom is -0.504 e. The zero-order valence-electron chi connectivity index (χ0n) is 12.3. The molecule has 21 heavy (non-hydrogen) atoms. The molecule has 0 amide bonds. The van der Waals surface area contributed by atoms with Crippen LogP contribution in [0.25, 0.3) is 0 Å². The molecular weight excluding hydrogens is 266 g/mol. The molecule has 1 heterocycles. The SMILES string of the molecule is O=C(CN1CCC[C@H]2CCCC[C@H]21)c1ccc(O)c(O)c1. The molecule has 4 nitrogen and oxygen atoms in total. The topological polar surface area (TPSA) is 60.8 Å². The number of ketones is 1. The van der Waals surface area contributed by atoms with Crippen molar-refractivity contribution in [2.24, 2.45) is 5.92 Å². The summed E-state index contributed by atoms with van der Waals surface area (Å²) in [5.41, 5.74) is 0.475. The minimum absolute atomic E-state index is 0.0246. The Labute approximate surface area is 125 Å². The minimum atomic E-state index is -0.227. The van der Waals surface area contributed by atoms with Crippen LogP contribution in [-0.4, -0.2) is 40.0 Å². The molecule has 0 spiro atoms. The number of hydrogen-bond donors (Lipinski definition) is 2. The quantitative estimate of drug-likeness (QED) is 0.663. The number of fused-ring (bicyclic) bond motifs is 1. The van der Waals surface area contributed by atoms with Crippen molar-refractivity contribution in [2.45, 2.75) is 44.6 Å². The van der Waals surface area contributed by atoms with Crippen LogP contribution >= 0.6 is 0 Å². The van der Waals surface area contributed by atoms with Gasteiger partial charge < -0.3 is 10.2 Å². The number of phenols is 2. The fourth-order valence-electron chi connectivity index (χ4n) is 3.90. The van der Waals surface area contributed by atoms with E-state index < -0.39 is 0 Å². The summed E-state index contributed by atoms with van der Waals surface area (Å²) in [6, 6.07) is 4.88. The highest BCUT2D eigenvalue weighted by atomic mass is 16.3. The summed E-state index contributed by atoms with van der Waals surface area (Å²) < 4.78 is 0. The third kappa shape index (κ3) is 3.05. The number of benzene rings is 1. The molecule has 114 valence electrons. The second-order valence-corrected chi connectivity index (χ2v) is 6.35. The number of rotatable bonds is 3. The van der Waals surface area contributed by atoms with Gasteiger partial charge in [-0.15, -0.1) is 0 Å². The van der Waals surface area contributed by atoms with E-state index in [-0.39, 0.29) is 17.3 Å². The first-order valence-corrected chi connectivity index (χ1v) is 7.94. The molecule has 2 atom stereocenters. The highest BCUT2D eigenvalue weighted by molar-refractivity contribution is 5.98. The Bertz CT molecular complexity index is 527. The van der Waals surface area contributed by atoms with Gasteiger partial charge in [0.15, 0.2) is 17.3 Å². The highest BCUT2D eigenvalue weighted by Gasteiger charge is 2.33. The van der Waals surface area contributed by atoms with Crippen molar-refractivity contribution in [2.75, 3.05) is 13.1 Å². The summed E-state index contributed by atoms with van der Waals surface area (Å²) in [7, 11) is 0. The standard InChI is InChI=1S/C17H23NO3/c19-15-8-7-13(10-16(15)20)17(21)11-18-9-3-5-12-4-1-2-6-14(12)18/h7-8,10,12,14,19-20H,1-6,9,11H2/t12-,14-/m1/s1. The van der Waals surface area contributed by atoms with E-state index in [9.17, 15) is 15.0 Å². The highest BCUT2D eigenvalue weighted by Crippen LogP contribution is 2.35. The average molecular weight is 289 g/mol. The van der Waals surface area contributed by atoms with Crippen molar-refractivity contribution in [3.8, 4) is 11.5 Å². The Morgan fingerprint density at radius 1 is 1.10 bits per heavy atom. The third-order valence-corrected chi connectivity index (χ3v) is 5.00. The molecule has 1 saturated heterocycles. The predicted octanol–water partition coefficient (Wildman–Crippen LogP) is 2.94. The van der Waals surface area contributed by atoms with Crippen LogP contribution in [0.5, 0.6) is 11.5 Å². The van der Waals surface area contributed by atoms with Crippen molar-refractivity contribution in [1.82, 2.24) is 4.90 Å². The van der Waals surface area contributed by atoms with Gasteiger partial charge in [0, 0.05) is 11.6 Å². The molecule has 0 aromatic heterocycles. The van der Waals surface area contributed by atoms with Crippen LogP contribution in [-0.2, 0) is 0 Å². The van der Waals surface area contributed by atoms with E-state index >= 15 is 0 Å². The molecule has 1 aromatic carbocycles. The van der Waals surface area contributed by atoms with E-state index in [4.69, 9.17) is 0 Å². The number of hydrogen-bond acceptors (Lipinski definition) is 4. The molecule has 0 unspecified atom stereocenters. The fourth-order valence-corrected chi connectivity index (χ4v) is 3.90. The van der Waals surface area contributed by atoms with Crippen LogP contribution in [0.2, 0.25) is 0 Å². The Morgan fingerprint density at radius 2 is 1.86 bits per heavy atom. The Morgan fingerprint density at radius 3 is 2.67 bits per heavy atom. The predicted molar refractivity (Wildman–Crippen MR) is 80.7 cm³/mol. The van der Waals surface area contributed by atoms with Gasteiger partial charge in [-0.25, -0.2) is 0 Å². The molecule has 0 radical (unpaired) electrons. The molecule has 2 fully saturated rings. The third-order valence-electron chi connectivity index (χ3n) is 5.00. The summed E-state index contributed by atoms with van der Waals surface area (Å²) in [6.45, 7) is 1.42. The Balaban J connectivity index is 1.69. The van der Waals surface area contributed by atoms with E-state index in [1.807, 2.05) is 0 Å². The van der Waals surface area contributed by atoms with Crippen LogP contribution < -0.4 is 0 Å². The van der Waals surface area contributed by atoms with Crippen molar-refractivity contribution in [3.05, 3.63) is 23.8 Å². The van der Waals surface area contributed by atoms with Gasteiger partial charge in [-0.05, 0) is 56.3 Å². The molecular formula is C17H23NO3. The first kappa shape index (κ1) is 14.4. The van der Waals surface area contributed by atoms with Crippen molar-refractivity contribution in [1.29, 1.82) is 0 Å². The maximum atomic E-state index is 12.4. The monoisotopic (exact) mass is 289 g/mol. The maximum absolute atomic E-state index is 12.4. The number of carbonyl (C=O) groups excluding carboxylic acids is 1. The summed E-state index contributed by atoms with van der Waals surface area (Å²) in [6.07, 6.45) is 7.58. The van der Waals surface area contributed by atoms with E-state index in [2.05, 4.69) is 4.90 Å². The fraction of sp³-hybridized carbons (Fsp3) is 0.588. The van der Waals surface area contributed by atoms with Crippen LogP contribution in [0.15, 0.2) is 18.2 Å². The molecule has 0 bridgehead atoms. The number of phenolic OH excluding ortho intramolecular Hbond substituents is 2. The van der Waals surface area contributed by atoms with E-state index in [1.54, 1.807) is 6.07 Å². The van der Waals surface area contributed by atoms with Crippen LogP contribution in [0.3, 0.4) is 0 Å². The molecule has 1 aliphatic carbocycles. The summed E-state index contributed by atoms with van der Waals surface area (Å²) in [5, 5.41) is 18.9. The van der Waals surface area contributed by atoms with Gasteiger partial charge in [-0.1, -0.05) is 12.8 Å². The number of Topliss-reactive ketones (excluding diaryl/α,β-unsaturated/α-hetero) is 1. The van der Waals surface area contributed by atoms with Crippen molar-refractivity contribution < 1.29 is 15.0 Å². The second-order valence-electron chi connectivity index (χ2n) is 6.35. The smallest absolute Gasteiger partial charge is 0.176 e. The number of aromatic hydroxyl groups is 2. The van der Waals surface area contributed by atoms with Crippen LogP contribution in [0.4, 0.5) is 0 Å². The largest absolute Gasteiger partial charge is 0.504 e. The van der Waals surface area contributed by atoms with Gasteiger partial charge in [0.05, 0.1) is 6.54 Å². The van der Waals surface area contributed by atoms with Crippen LogP contribution in [0.1, 0.15) is 48.9 Å². The Hall–Kier alpha value is -1.55. The van der Waals surface area contributed by atoms with Gasteiger partial charge in [-0.2, -0.15) is 0 Å². The van der Waals surface area contributed by atoms with E-state index in [1.165, 1.54) is 50.7 Å². The lowest BCUT2D eigenvalue weighted by molar-refractivity contribution is 0.0539. The second kappa shape index (κ2) is 6.06. The molecule has 1 aliphatic heterocycles. The van der Waals surface area contributed by atoms with Crippen LogP contribution in [0, 0.1) is 5.92 Å². The maximum Gasteiger partial charge on any atom is 0.176 e. The lowest BCUT2D eigenvalue weighted by Gasteiger charge is -2.43. The van der Waals surface area contributed by atoms with Gasteiger partial charge in [-0.3, -0.25) is 9.69 Å². The number of nitrogens with zero attached hydrogens (tertiary/aromatic N) is 1. The van der Waals surface area contributed by atoms with Gasteiger partial charge in [0.2, 0.25) is 0 Å². The first-order chi connectivity index (χ1) is 10.1. The normalized spacial score (nSPS) is 26.3.